The van der Waals surface area contributed by atoms with Crippen LogP contribution < -0.4 is 10.2 Å². The van der Waals surface area contributed by atoms with Crippen molar-refractivity contribution in [2.24, 2.45) is 0 Å². The summed E-state index contributed by atoms with van der Waals surface area (Å²) in [7, 11) is 2.12. The molecule has 0 spiro atoms. The van der Waals surface area contributed by atoms with E-state index >= 15 is 0 Å². The lowest BCUT2D eigenvalue weighted by Crippen LogP contribution is -2.45. The van der Waals surface area contributed by atoms with E-state index in [-0.39, 0.29) is 0 Å². The van der Waals surface area contributed by atoms with Crippen LogP contribution in [0.2, 0.25) is 5.02 Å². The Labute approximate surface area is 184 Å². The van der Waals surface area contributed by atoms with Gasteiger partial charge in [0, 0.05) is 49.3 Å². The predicted octanol–water partition coefficient (Wildman–Crippen LogP) is 4.93. The van der Waals surface area contributed by atoms with Gasteiger partial charge in [0.1, 0.15) is 0 Å². The number of benzene rings is 1. The van der Waals surface area contributed by atoms with Crippen molar-refractivity contribution in [3.05, 3.63) is 41.2 Å². The number of rotatable bonds is 3. The van der Waals surface area contributed by atoms with Gasteiger partial charge >= 0.3 is 0 Å². The van der Waals surface area contributed by atoms with Crippen LogP contribution in [0.4, 0.5) is 17.5 Å². The number of likely N-dealkylation sites (N-methyl/N-ethyl adjacent to an activating group) is 1. The maximum Gasteiger partial charge on any atom is 0.229 e. The Hall–Kier alpha value is -2.51. The zero-order chi connectivity index (χ0) is 22.1. The Morgan fingerprint density at radius 3 is 2.27 bits per heavy atom. The number of nitrogens with one attached hydrogen (secondary N) is 1. The van der Waals surface area contributed by atoms with Crippen LogP contribution in [0.15, 0.2) is 30.6 Å². The number of halogens is 1. The lowest BCUT2D eigenvalue weighted by molar-refractivity contribution is 0.311. The number of nitrogens with zero attached hydrogens (tertiary/aromatic N) is 6. The van der Waals surface area contributed by atoms with Gasteiger partial charge in [-0.3, -0.25) is 0 Å². The van der Waals surface area contributed by atoms with Crippen LogP contribution >= 0.6 is 11.6 Å². The number of hydrogen-bond donors (Lipinski definition) is 1. The van der Waals surface area contributed by atoms with E-state index < -0.39 is 0 Å². The van der Waals surface area contributed by atoms with E-state index in [0.29, 0.717) is 28.0 Å². The van der Waals surface area contributed by atoms with Crippen LogP contribution in [-0.4, -0.2) is 58.1 Å². The average molecular weight is 430 g/mol. The first-order valence-electron chi connectivity index (χ1n) is 10.6. The molecule has 162 valence electrons. The van der Waals surface area contributed by atoms with Crippen molar-refractivity contribution in [3.63, 3.8) is 0 Å². The molecule has 7 nitrogen and oxygen atoms in total. The molecule has 1 N–H and O–H groups in total. The highest BCUT2D eigenvalue weighted by atomic mass is 35.5. The number of fused-ring (bicyclic) bond motifs is 1. The van der Waals surface area contributed by atoms with E-state index in [4.69, 9.17) is 16.6 Å². The summed E-state index contributed by atoms with van der Waals surface area (Å²) in [5.41, 5.74) is 3.11. The number of hydrogen-bond acceptors (Lipinski definition) is 7. The molecule has 4 rings (SSSR count). The molecule has 1 saturated heterocycles. The van der Waals surface area contributed by atoms with Gasteiger partial charge in [-0.1, -0.05) is 45.4 Å². The van der Waals surface area contributed by atoms with Crippen molar-refractivity contribution < 1.29 is 0 Å². The van der Waals surface area contributed by atoms with Crippen molar-refractivity contribution in [1.29, 1.82) is 0 Å². The summed E-state index contributed by atoms with van der Waals surface area (Å²) in [6.45, 7) is 13.7. The fourth-order valence-electron chi connectivity index (χ4n) is 2.89. The molecule has 30 heavy (non-hydrogen) atoms. The monoisotopic (exact) mass is 429 g/mol. The van der Waals surface area contributed by atoms with Crippen molar-refractivity contribution >= 4 is 40.2 Å². The standard InChI is InChI=1S/C18H20ClN7.2C2H6/c1-12-3-4-13(11-14(12)19)22-17-15-16(21-6-5-20-15)23-18(24-17)26-9-7-25(2)8-10-26;2*1-2/h3-6,11H,7-10H2,1-2H3,(H,21,22,23,24);2*1-2H3. The molecule has 0 radical (unpaired) electrons. The van der Waals surface area contributed by atoms with Crippen molar-refractivity contribution in [2.75, 3.05) is 43.4 Å². The molecule has 3 heterocycles. The summed E-state index contributed by atoms with van der Waals surface area (Å²) >= 11 is 6.25. The molecule has 0 saturated carbocycles. The molecule has 1 fully saturated rings. The third-order valence-electron chi connectivity index (χ3n) is 4.54. The molecular weight excluding hydrogens is 398 g/mol. The zero-order valence-corrected chi connectivity index (χ0v) is 19.5. The Bertz CT molecular complexity index is 940. The van der Waals surface area contributed by atoms with E-state index in [2.05, 4.69) is 37.1 Å². The molecule has 8 heteroatoms. The molecule has 0 unspecified atom stereocenters. The Morgan fingerprint density at radius 1 is 0.933 bits per heavy atom. The fraction of sp³-hybridized carbons (Fsp3) is 0.455. The van der Waals surface area contributed by atoms with E-state index in [1.807, 2.05) is 52.8 Å². The quantitative estimate of drug-likeness (QED) is 0.632. The maximum atomic E-state index is 6.25. The topological polar surface area (TPSA) is 70.1 Å². The zero-order valence-electron chi connectivity index (χ0n) is 18.8. The van der Waals surface area contributed by atoms with E-state index in [0.717, 1.165) is 37.4 Å². The number of aryl methyl sites for hydroxylation is 1. The minimum Gasteiger partial charge on any atom is -0.338 e. The molecule has 0 atom stereocenters. The normalized spacial score (nSPS) is 13.8. The Morgan fingerprint density at radius 2 is 1.60 bits per heavy atom. The highest BCUT2D eigenvalue weighted by Crippen LogP contribution is 2.26. The molecule has 1 aliphatic heterocycles. The minimum atomic E-state index is 0.581. The summed E-state index contributed by atoms with van der Waals surface area (Å²) in [6, 6.07) is 5.83. The molecule has 1 aromatic carbocycles. The SMILES string of the molecule is CC.CC.Cc1ccc(Nc2nc(N3CCN(C)CC3)nc3nccnc23)cc1Cl. The number of aromatic nitrogens is 4. The van der Waals surface area contributed by atoms with Gasteiger partial charge in [-0.05, 0) is 31.7 Å². The van der Waals surface area contributed by atoms with Gasteiger partial charge in [0.05, 0.1) is 0 Å². The summed E-state index contributed by atoms with van der Waals surface area (Å²) in [5, 5.41) is 4.04. The second-order valence-corrected chi connectivity index (χ2v) is 6.89. The van der Waals surface area contributed by atoms with Crippen molar-refractivity contribution in [3.8, 4) is 0 Å². The lowest BCUT2D eigenvalue weighted by Gasteiger charge is -2.32. The predicted molar refractivity (Wildman–Crippen MR) is 127 cm³/mol. The van der Waals surface area contributed by atoms with Crippen LogP contribution in [0.25, 0.3) is 11.2 Å². The molecule has 2 aromatic heterocycles. The summed E-state index contributed by atoms with van der Waals surface area (Å²) in [6.07, 6.45) is 3.30. The average Bonchev–Trinajstić information content (AvgIpc) is 2.79. The van der Waals surface area contributed by atoms with E-state index in [9.17, 15) is 0 Å². The van der Waals surface area contributed by atoms with Gasteiger partial charge < -0.3 is 15.1 Å². The van der Waals surface area contributed by atoms with Gasteiger partial charge in [-0.2, -0.15) is 9.97 Å². The van der Waals surface area contributed by atoms with Gasteiger partial charge in [-0.25, -0.2) is 9.97 Å². The third kappa shape index (κ3) is 5.77. The first-order chi connectivity index (χ1) is 14.6. The summed E-state index contributed by atoms with van der Waals surface area (Å²) in [5.74, 6) is 1.31. The van der Waals surface area contributed by atoms with E-state index in [1.54, 1.807) is 12.4 Å². The molecule has 0 bridgehead atoms. The largest absolute Gasteiger partial charge is 0.338 e. The molecule has 1 aliphatic rings. The van der Waals surface area contributed by atoms with Crippen LogP contribution in [0.1, 0.15) is 33.3 Å². The van der Waals surface area contributed by atoms with Crippen LogP contribution in [0, 0.1) is 6.92 Å². The molecule has 0 amide bonds. The number of anilines is 3. The third-order valence-corrected chi connectivity index (χ3v) is 4.95. The summed E-state index contributed by atoms with van der Waals surface area (Å²) in [4.78, 5) is 22.6. The Kier molecular flexibility index (Phi) is 9.20. The van der Waals surface area contributed by atoms with Crippen LogP contribution in [-0.2, 0) is 0 Å². The molecule has 3 aromatic rings. The van der Waals surface area contributed by atoms with Crippen molar-refractivity contribution in [2.45, 2.75) is 34.6 Å². The summed E-state index contributed by atoms with van der Waals surface area (Å²) < 4.78 is 0. The first-order valence-corrected chi connectivity index (χ1v) is 10.9. The van der Waals surface area contributed by atoms with Gasteiger partial charge in [0.25, 0.3) is 0 Å². The van der Waals surface area contributed by atoms with Crippen LogP contribution in [0.3, 0.4) is 0 Å². The van der Waals surface area contributed by atoms with Crippen molar-refractivity contribution in [1.82, 2.24) is 24.8 Å². The van der Waals surface area contributed by atoms with Gasteiger partial charge in [0.2, 0.25) is 5.95 Å². The van der Waals surface area contributed by atoms with E-state index in [1.165, 1.54) is 0 Å². The first kappa shape index (κ1) is 23.8. The fourth-order valence-corrected chi connectivity index (χ4v) is 3.08. The minimum absolute atomic E-state index is 0.581. The molecule has 0 aliphatic carbocycles. The maximum absolute atomic E-state index is 6.25. The van der Waals surface area contributed by atoms with Gasteiger partial charge in [0.15, 0.2) is 17.0 Å². The smallest absolute Gasteiger partial charge is 0.229 e. The van der Waals surface area contributed by atoms with Gasteiger partial charge in [-0.15, -0.1) is 0 Å². The highest BCUT2D eigenvalue weighted by molar-refractivity contribution is 6.31. The second kappa shape index (κ2) is 11.6. The Balaban J connectivity index is 0.000000757. The number of piperazine rings is 1. The van der Waals surface area contributed by atoms with Crippen LogP contribution in [0.5, 0.6) is 0 Å². The molecular formula is C22H32ClN7. The second-order valence-electron chi connectivity index (χ2n) is 6.48. The highest BCUT2D eigenvalue weighted by Gasteiger charge is 2.19. The lowest BCUT2D eigenvalue weighted by atomic mass is 10.2.